The van der Waals surface area contributed by atoms with Crippen molar-refractivity contribution in [2.45, 2.75) is 39.0 Å². The summed E-state index contributed by atoms with van der Waals surface area (Å²) >= 11 is 3.47. The highest BCUT2D eigenvalue weighted by Crippen LogP contribution is 2.16. The third-order valence-corrected chi connectivity index (χ3v) is 3.17. The Morgan fingerprint density at radius 2 is 2.00 bits per heavy atom. The second kappa shape index (κ2) is 7.24. The molecule has 0 bridgehead atoms. The molecule has 0 spiro atoms. The van der Waals surface area contributed by atoms with Gasteiger partial charge in [-0.15, -0.1) is 0 Å². The van der Waals surface area contributed by atoms with Gasteiger partial charge in [-0.2, -0.15) is 0 Å². The molecular formula is C14H22BrNO2. The summed E-state index contributed by atoms with van der Waals surface area (Å²) in [4.78, 5) is 0. The Labute approximate surface area is 118 Å². The molecule has 0 saturated carbocycles. The second-order valence-corrected chi connectivity index (χ2v) is 6.25. The molecule has 18 heavy (non-hydrogen) atoms. The van der Waals surface area contributed by atoms with Crippen LogP contribution in [0.25, 0.3) is 0 Å². The molecule has 1 unspecified atom stereocenters. The molecule has 0 aromatic heterocycles. The molecular weight excluding hydrogens is 294 g/mol. The monoisotopic (exact) mass is 315 g/mol. The number of β-amino-alcohol motifs (C(OH)–C–C–N with tert-alkyl or cyclic N) is 1. The maximum atomic E-state index is 9.76. The lowest BCUT2D eigenvalue weighted by atomic mass is 10.1. The Hall–Kier alpha value is -0.420. The summed E-state index contributed by atoms with van der Waals surface area (Å²) in [5.41, 5.74) is 1.11. The van der Waals surface area contributed by atoms with Crippen LogP contribution in [0.15, 0.2) is 28.7 Å². The van der Waals surface area contributed by atoms with Crippen LogP contribution in [0.3, 0.4) is 0 Å². The van der Waals surface area contributed by atoms with Crippen LogP contribution >= 0.6 is 15.9 Å². The van der Waals surface area contributed by atoms with Crippen LogP contribution in [0.1, 0.15) is 26.3 Å². The van der Waals surface area contributed by atoms with E-state index < -0.39 is 6.10 Å². The van der Waals surface area contributed by atoms with Crippen LogP contribution in [-0.4, -0.2) is 29.9 Å². The quantitative estimate of drug-likeness (QED) is 0.848. The zero-order valence-electron chi connectivity index (χ0n) is 11.2. The first-order valence-corrected chi connectivity index (χ1v) is 6.92. The van der Waals surface area contributed by atoms with E-state index >= 15 is 0 Å². The van der Waals surface area contributed by atoms with E-state index in [1.807, 2.05) is 24.3 Å². The molecule has 3 nitrogen and oxygen atoms in total. The Morgan fingerprint density at radius 1 is 1.33 bits per heavy atom. The van der Waals surface area contributed by atoms with Gasteiger partial charge in [-0.3, -0.25) is 0 Å². The van der Waals surface area contributed by atoms with Crippen LogP contribution in [0.4, 0.5) is 0 Å². The summed E-state index contributed by atoms with van der Waals surface area (Å²) in [6, 6.07) is 7.93. The second-order valence-electron chi connectivity index (χ2n) is 5.39. The summed E-state index contributed by atoms with van der Waals surface area (Å²) < 4.78 is 6.54. The average Bonchev–Trinajstić information content (AvgIpc) is 2.28. The van der Waals surface area contributed by atoms with Crippen LogP contribution in [-0.2, 0) is 11.3 Å². The zero-order valence-corrected chi connectivity index (χ0v) is 12.8. The lowest BCUT2D eigenvalue weighted by Crippen LogP contribution is -2.42. The highest BCUT2D eigenvalue weighted by Gasteiger charge is 2.12. The van der Waals surface area contributed by atoms with Gasteiger partial charge in [0.05, 0.1) is 19.3 Å². The molecule has 0 aliphatic rings. The maximum absolute atomic E-state index is 9.76. The van der Waals surface area contributed by atoms with Crippen molar-refractivity contribution in [2.24, 2.45) is 0 Å². The van der Waals surface area contributed by atoms with Crippen LogP contribution in [0, 0.1) is 0 Å². The standard InChI is InChI=1S/C14H22BrNO2/c1-14(2,3)16-8-12(17)10-18-9-11-6-4-5-7-13(11)15/h4-7,12,16-17H,8-10H2,1-3H3. The predicted octanol–water partition coefficient (Wildman–Crippen LogP) is 2.71. The molecule has 0 fully saturated rings. The van der Waals surface area contributed by atoms with Crippen LogP contribution in [0.2, 0.25) is 0 Å². The van der Waals surface area contributed by atoms with E-state index in [9.17, 15) is 5.11 Å². The van der Waals surface area contributed by atoms with Gasteiger partial charge < -0.3 is 15.2 Å². The number of ether oxygens (including phenoxy) is 1. The smallest absolute Gasteiger partial charge is 0.0898 e. The van der Waals surface area contributed by atoms with Gasteiger partial charge in [0, 0.05) is 16.6 Å². The SMILES string of the molecule is CC(C)(C)NCC(O)COCc1ccccc1Br. The van der Waals surface area contributed by atoms with Gasteiger partial charge in [0.25, 0.3) is 0 Å². The van der Waals surface area contributed by atoms with Gasteiger partial charge in [0.15, 0.2) is 0 Å². The van der Waals surface area contributed by atoms with E-state index in [2.05, 4.69) is 42.0 Å². The number of benzene rings is 1. The van der Waals surface area contributed by atoms with Crippen LogP contribution < -0.4 is 5.32 Å². The predicted molar refractivity (Wildman–Crippen MR) is 77.6 cm³/mol. The highest BCUT2D eigenvalue weighted by atomic mass is 79.9. The largest absolute Gasteiger partial charge is 0.389 e. The number of aliphatic hydroxyl groups excluding tert-OH is 1. The van der Waals surface area contributed by atoms with Crippen molar-refractivity contribution in [3.63, 3.8) is 0 Å². The highest BCUT2D eigenvalue weighted by molar-refractivity contribution is 9.10. The molecule has 0 aliphatic carbocycles. The number of aliphatic hydroxyl groups is 1. The summed E-state index contributed by atoms with van der Waals surface area (Å²) in [6.45, 7) is 7.60. The fourth-order valence-electron chi connectivity index (χ4n) is 1.40. The first kappa shape index (κ1) is 15.6. The Bertz CT molecular complexity index is 363. The fraction of sp³-hybridized carbons (Fsp3) is 0.571. The van der Waals surface area contributed by atoms with E-state index in [4.69, 9.17) is 4.74 Å². The van der Waals surface area contributed by atoms with E-state index in [-0.39, 0.29) is 5.54 Å². The maximum Gasteiger partial charge on any atom is 0.0898 e. The van der Waals surface area contributed by atoms with E-state index in [0.29, 0.717) is 19.8 Å². The molecule has 0 amide bonds. The van der Waals surface area contributed by atoms with Crippen LogP contribution in [0.5, 0.6) is 0 Å². The molecule has 102 valence electrons. The third kappa shape index (κ3) is 6.50. The Balaban J connectivity index is 2.24. The number of rotatable bonds is 6. The molecule has 1 aromatic carbocycles. The van der Waals surface area contributed by atoms with Gasteiger partial charge in [0.1, 0.15) is 0 Å². The number of nitrogens with one attached hydrogen (secondary N) is 1. The van der Waals surface area contributed by atoms with Gasteiger partial charge in [0.2, 0.25) is 0 Å². The minimum absolute atomic E-state index is 0.0173. The van der Waals surface area contributed by atoms with Crippen molar-refractivity contribution in [1.29, 1.82) is 0 Å². The van der Waals surface area contributed by atoms with Gasteiger partial charge in [-0.05, 0) is 32.4 Å². The van der Waals surface area contributed by atoms with Crippen molar-refractivity contribution in [2.75, 3.05) is 13.2 Å². The van der Waals surface area contributed by atoms with Crippen molar-refractivity contribution in [3.05, 3.63) is 34.3 Å². The third-order valence-electron chi connectivity index (χ3n) is 2.39. The van der Waals surface area contributed by atoms with Crippen molar-refractivity contribution < 1.29 is 9.84 Å². The van der Waals surface area contributed by atoms with Gasteiger partial charge in [-0.1, -0.05) is 34.1 Å². The summed E-state index contributed by atoms with van der Waals surface area (Å²) in [5.74, 6) is 0. The fourth-order valence-corrected chi connectivity index (χ4v) is 1.80. The summed E-state index contributed by atoms with van der Waals surface area (Å²) in [7, 11) is 0. The normalized spacial score (nSPS) is 13.6. The molecule has 2 N–H and O–H groups in total. The van der Waals surface area contributed by atoms with E-state index in [0.717, 1.165) is 10.0 Å². The molecule has 0 radical (unpaired) electrons. The molecule has 0 aliphatic heterocycles. The Morgan fingerprint density at radius 3 is 2.61 bits per heavy atom. The first-order chi connectivity index (χ1) is 8.38. The zero-order chi connectivity index (χ0) is 13.6. The van der Waals surface area contributed by atoms with E-state index in [1.165, 1.54) is 0 Å². The molecule has 4 heteroatoms. The first-order valence-electron chi connectivity index (χ1n) is 6.13. The minimum Gasteiger partial charge on any atom is -0.389 e. The van der Waals surface area contributed by atoms with E-state index in [1.54, 1.807) is 0 Å². The molecule has 1 aromatic rings. The number of halogens is 1. The topological polar surface area (TPSA) is 41.5 Å². The van der Waals surface area contributed by atoms with Gasteiger partial charge >= 0.3 is 0 Å². The number of hydrogen-bond donors (Lipinski definition) is 2. The van der Waals surface area contributed by atoms with Crippen molar-refractivity contribution in [3.8, 4) is 0 Å². The molecule has 1 atom stereocenters. The molecule has 1 rings (SSSR count). The molecule has 0 heterocycles. The summed E-state index contributed by atoms with van der Waals surface area (Å²) in [5, 5.41) is 13.0. The minimum atomic E-state index is -0.480. The Kier molecular flexibility index (Phi) is 6.29. The van der Waals surface area contributed by atoms with Crippen molar-refractivity contribution >= 4 is 15.9 Å². The number of hydrogen-bond acceptors (Lipinski definition) is 3. The summed E-state index contributed by atoms with van der Waals surface area (Å²) in [6.07, 6.45) is -0.480. The lowest BCUT2D eigenvalue weighted by Gasteiger charge is -2.22. The average molecular weight is 316 g/mol. The lowest BCUT2D eigenvalue weighted by molar-refractivity contribution is 0.0260. The molecule has 0 saturated heterocycles. The van der Waals surface area contributed by atoms with Crippen molar-refractivity contribution in [1.82, 2.24) is 5.32 Å². The van der Waals surface area contributed by atoms with Gasteiger partial charge in [-0.25, -0.2) is 0 Å².